The SMILES string of the molecule is CC(C)(C)c1ccc(C(=O)Nc2cn3nc(N4CCC(O)CC4)ccc3n2)cc1.O=C(O)C(F)(F)F.O=C(O)C(F)(F)F. The van der Waals surface area contributed by atoms with Crippen molar-refractivity contribution in [3.05, 3.63) is 53.7 Å². The van der Waals surface area contributed by atoms with E-state index in [0.717, 1.165) is 31.7 Å². The van der Waals surface area contributed by atoms with Crippen LogP contribution in [-0.2, 0) is 15.0 Å². The summed E-state index contributed by atoms with van der Waals surface area (Å²) in [4.78, 5) is 37.0. The van der Waals surface area contributed by atoms with Gasteiger partial charge in [-0.1, -0.05) is 32.9 Å². The third-order valence-corrected chi connectivity index (χ3v) is 5.83. The van der Waals surface area contributed by atoms with Gasteiger partial charge in [-0.25, -0.2) is 19.1 Å². The molecule has 4 N–H and O–H groups in total. The Morgan fingerprint density at radius 2 is 1.35 bits per heavy atom. The molecule has 1 aliphatic heterocycles. The van der Waals surface area contributed by atoms with Crippen molar-refractivity contribution in [3.8, 4) is 0 Å². The summed E-state index contributed by atoms with van der Waals surface area (Å²) in [6.07, 6.45) is -7.17. The summed E-state index contributed by atoms with van der Waals surface area (Å²) in [5.74, 6) is -4.40. The van der Waals surface area contributed by atoms with Gasteiger partial charge in [-0.15, -0.1) is 5.10 Å². The summed E-state index contributed by atoms with van der Waals surface area (Å²) in [7, 11) is 0. The number of fused-ring (bicyclic) bond motifs is 1. The van der Waals surface area contributed by atoms with Gasteiger partial charge in [0.15, 0.2) is 11.5 Å². The largest absolute Gasteiger partial charge is 0.490 e. The number of amides is 1. The lowest BCUT2D eigenvalue weighted by atomic mass is 9.87. The topological polar surface area (TPSA) is 157 Å². The summed E-state index contributed by atoms with van der Waals surface area (Å²) in [6.45, 7) is 8.00. The van der Waals surface area contributed by atoms with E-state index in [2.05, 4.69) is 41.1 Å². The second kappa shape index (κ2) is 13.7. The van der Waals surface area contributed by atoms with E-state index in [1.54, 1.807) is 10.7 Å². The monoisotopic (exact) mass is 621 g/mol. The van der Waals surface area contributed by atoms with Gasteiger partial charge in [0.2, 0.25) is 0 Å². The highest BCUT2D eigenvalue weighted by atomic mass is 19.4. The molecule has 236 valence electrons. The second-order valence-electron chi connectivity index (χ2n) is 10.2. The summed E-state index contributed by atoms with van der Waals surface area (Å²) >= 11 is 0. The molecule has 0 saturated carbocycles. The number of anilines is 2. The molecule has 3 aromatic rings. The molecule has 1 aromatic carbocycles. The van der Waals surface area contributed by atoms with Gasteiger partial charge in [0.25, 0.3) is 5.91 Å². The van der Waals surface area contributed by atoms with Crippen LogP contribution in [0.25, 0.3) is 5.65 Å². The number of aromatic nitrogens is 3. The first-order valence-electron chi connectivity index (χ1n) is 12.5. The molecule has 0 bridgehead atoms. The number of hydrogen-bond acceptors (Lipinski definition) is 7. The Kier molecular flexibility index (Phi) is 11.1. The Labute approximate surface area is 240 Å². The molecular weight excluding hydrogens is 592 g/mol. The van der Waals surface area contributed by atoms with E-state index in [4.69, 9.17) is 19.8 Å². The van der Waals surface area contributed by atoms with Crippen molar-refractivity contribution in [1.29, 1.82) is 0 Å². The maximum absolute atomic E-state index is 12.6. The Morgan fingerprint density at radius 1 is 0.860 bits per heavy atom. The van der Waals surface area contributed by atoms with Crippen LogP contribution < -0.4 is 10.2 Å². The van der Waals surface area contributed by atoms with Gasteiger partial charge in [0.05, 0.1) is 12.3 Å². The van der Waals surface area contributed by atoms with Crippen LogP contribution in [0.5, 0.6) is 0 Å². The van der Waals surface area contributed by atoms with Gasteiger partial charge < -0.3 is 25.5 Å². The van der Waals surface area contributed by atoms with Crippen LogP contribution in [0, 0.1) is 0 Å². The summed E-state index contributed by atoms with van der Waals surface area (Å²) in [6, 6.07) is 11.5. The Balaban J connectivity index is 0.000000384. The third-order valence-electron chi connectivity index (χ3n) is 5.83. The predicted octanol–water partition coefficient (Wildman–Crippen LogP) is 4.51. The Hall–Kier alpha value is -4.41. The standard InChI is InChI=1S/C22H27N5O2.2C2HF3O2/c1-22(2,3)16-6-4-15(5-7-16)21(29)24-18-14-27-19(23-18)8-9-20(25-27)26-12-10-17(28)11-13-26;2*3-2(4,5)1(6)7/h4-9,14,17,28H,10-13H2,1-3H3,(H,24,29);2*(H,6,7). The number of carboxylic acid groups (broad SMARTS) is 2. The molecule has 3 heterocycles. The van der Waals surface area contributed by atoms with Crippen molar-refractivity contribution in [1.82, 2.24) is 14.6 Å². The number of hydrogen-bond donors (Lipinski definition) is 4. The van der Waals surface area contributed by atoms with Gasteiger partial charge in [-0.3, -0.25) is 4.79 Å². The maximum Gasteiger partial charge on any atom is 0.490 e. The van der Waals surface area contributed by atoms with Gasteiger partial charge >= 0.3 is 24.3 Å². The van der Waals surface area contributed by atoms with Crippen LogP contribution in [0.4, 0.5) is 38.0 Å². The predicted molar refractivity (Wildman–Crippen MR) is 141 cm³/mol. The highest BCUT2D eigenvalue weighted by Crippen LogP contribution is 2.23. The molecule has 0 aliphatic carbocycles. The van der Waals surface area contributed by atoms with Crippen LogP contribution in [0.15, 0.2) is 42.6 Å². The second-order valence-corrected chi connectivity index (χ2v) is 10.2. The number of carbonyl (C=O) groups is 3. The Morgan fingerprint density at radius 3 is 1.79 bits per heavy atom. The van der Waals surface area contributed by atoms with Crippen molar-refractivity contribution < 1.29 is 56.0 Å². The number of alkyl halides is 6. The van der Waals surface area contributed by atoms with Crippen LogP contribution >= 0.6 is 0 Å². The first kappa shape index (κ1) is 34.8. The maximum atomic E-state index is 12.6. The lowest BCUT2D eigenvalue weighted by Crippen LogP contribution is -2.36. The Bertz CT molecular complexity index is 1390. The smallest absolute Gasteiger partial charge is 0.475 e. The lowest BCUT2D eigenvalue weighted by molar-refractivity contribution is -0.193. The highest BCUT2D eigenvalue weighted by Gasteiger charge is 2.38. The number of halogens is 6. The van der Waals surface area contributed by atoms with Gasteiger partial charge in [0, 0.05) is 18.7 Å². The first-order valence-corrected chi connectivity index (χ1v) is 12.5. The summed E-state index contributed by atoms with van der Waals surface area (Å²) < 4.78 is 65.2. The molecule has 1 aliphatic rings. The average molecular weight is 622 g/mol. The van der Waals surface area contributed by atoms with E-state index in [9.17, 15) is 36.2 Å². The van der Waals surface area contributed by atoms with E-state index < -0.39 is 24.3 Å². The number of nitrogens with one attached hydrogen (secondary N) is 1. The molecule has 0 atom stereocenters. The number of rotatable bonds is 3. The number of benzene rings is 1. The van der Waals surface area contributed by atoms with Crippen molar-refractivity contribution in [3.63, 3.8) is 0 Å². The molecule has 0 radical (unpaired) electrons. The van der Waals surface area contributed by atoms with Gasteiger partial charge in [-0.2, -0.15) is 26.3 Å². The number of carboxylic acids is 2. The van der Waals surface area contributed by atoms with Crippen LogP contribution in [-0.4, -0.2) is 79.3 Å². The molecular formula is C26H29F6N5O6. The highest BCUT2D eigenvalue weighted by molar-refractivity contribution is 6.03. The van der Waals surface area contributed by atoms with E-state index >= 15 is 0 Å². The first-order chi connectivity index (χ1) is 19.7. The number of aliphatic hydroxyl groups is 1. The fourth-order valence-electron chi connectivity index (χ4n) is 3.51. The molecule has 0 spiro atoms. The number of nitrogens with zero attached hydrogens (tertiary/aromatic N) is 4. The number of carbonyl (C=O) groups excluding carboxylic acids is 1. The molecule has 1 saturated heterocycles. The molecule has 17 heteroatoms. The van der Waals surface area contributed by atoms with Crippen molar-refractivity contribution >= 4 is 35.1 Å². The minimum atomic E-state index is -5.08. The fourth-order valence-corrected chi connectivity index (χ4v) is 3.51. The van der Waals surface area contributed by atoms with Crippen molar-refractivity contribution in [2.45, 2.75) is 57.5 Å². The molecule has 1 fully saturated rings. The zero-order chi connectivity index (χ0) is 32.8. The zero-order valence-electron chi connectivity index (χ0n) is 23.1. The fraction of sp³-hybridized carbons (Fsp3) is 0.423. The minimum Gasteiger partial charge on any atom is -0.475 e. The zero-order valence-corrected chi connectivity index (χ0v) is 23.1. The van der Waals surface area contributed by atoms with Crippen molar-refractivity contribution in [2.75, 3.05) is 23.3 Å². The summed E-state index contributed by atoms with van der Waals surface area (Å²) in [5.41, 5.74) is 2.50. The number of imidazole rings is 1. The quantitative estimate of drug-likeness (QED) is 0.309. The van der Waals surface area contributed by atoms with Crippen LogP contribution in [0.3, 0.4) is 0 Å². The van der Waals surface area contributed by atoms with Gasteiger partial charge in [-0.05, 0) is 48.1 Å². The molecule has 4 rings (SSSR count). The average Bonchev–Trinajstić information content (AvgIpc) is 3.30. The number of aliphatic hydroxyl groups excluding tert-OH is 1. The molecule has 2 aromatic heterocycles. The molecule has 11 nitrogen and oxygen atoms in total. The summed E-state index contributed by atoms with van der Waals surface area (Å²) in [5, 5.41) is 31.4. The molecule has 0 unspecified atom stereocenters. The van der Waals surface area contributed by atoms with E-state index in [1.165, 1.54) is 5.56 Å². The van der Waals surface area contributed by atoms with Crippen molar-refractivity contribution in [2.24, 2.45) is 0 Å². The van der Waals surface area contributed by atoms with Crippen LogP contribution in [0.2, 0.25) is 0 Å². The number of aliphatic carboxylic acids is 2. The number of piperidine rings is 1. The minimum absolute atomic E-state index is 0.0480. The van der Waals surface area contributed by atoms with E-state index in [0.29, 0.717) is 17.0 Å². The normalized spacial score (nSPS) is 14.2. The van der Waals surface area contributed by atoms with Gasteiger partial charge in [0.1, 0.15) is 5.82 Å². The third kappa shape index (κ3) is 10.7. The lowest BCUT2D eigenvalue weighted by Gasteiger charge is -2.30. The van der Waals surface area contributed by atoms with Crippen LogP contribution in [0.1, 0.15) is 49.5 Å². The molecule has 1 amide bonds. The van der Waals surface area contributed by atoms with E-state index in [-0.39, 0.29) is 17.4 Å². The van der Waals surface area contributed by atoms with E-state index in [1.807, 2.05) is 36.4 Å². The molecule has 43 heavy (non-hydrogen) atoms.